The van der Waals surface area contributed by atoms with Gasteiger partial charge in [-0.15, -0.1) is 0 Å². The van der Waals surface area contributed by atoms with Crippen LogP contribution in [0.25, 0.3) is 0 Å². The molecule has 2 N–H and O–H groups in total. The maximum absolute atomic E-state index is 13.2. The summed E-state index contributed by atoms with van der Waals surface area (Å²) >= 11 is 0. The Balaban J connectivity index is 1.97. The first kappa shape index (κ1) is 20.3. The largest absolute Gasteiger partial charge is 0.392 e. The van der Waals surface area contributed by atoms with Gasteiger partial charge in [0.1, 0.15) is 0 Å². The highest BCUT2D eigenvalue weighted by atomic mass is 16.3. The monoisotopic (exact) mass is 377 g/mol. The van der Waals surface area contributed by atoms with E-state index in [0.29, 0.717) is 12.0 Å². The van der Waals surface area contributed by atoms with E-state index >= 15 is 0 Å². The lowest BCUT2D eigenvalue weighted by molar-refractivity contribution is 0.0222. The van der Waals surface area contributed by atoms with Gasteiger partial charge in [0, 0.05) is 28.8 Å². The van der Waals surface area contributed by atoms with Gasteiger partial charge in [0.25, 0.3) is 0 Å². The lowest BCUT2D eigenvalue weighted by Gasteiger charge is -2.34. The molecule has 0 unspecified atom stereocenters. The zero-order valence-corrected chi connectivity index (χ0v) is 17.3. The Morgan fingerprint density at radius 1 is 1.04 bits per heavy atom. The van der Waals surface area contributed by atoms with Crippen molar-refractivity contribution in [3.63, 3.8) is 0 Å². The molecule has 28 heavy (non-hydrogen) atoms. The van der Waals surface area contributed by atoms with E-state index in [9.17, 15) is 9.90 Å². The van der Waals surface area contributed by atoms with E-state index in [1.54, 1.807) is 0 Å². The van der Waals surface area contributed by atoms with Crippen molar-refractivity contribution in [3.8, 4) is 0 Å². The van der Waals surface area contributed by atoms with Crippen LogP contribution in [-0.2, 0) is 0 Å². The van der Waals surface area contributed by atoms with Crippen molar-refractivity contribution >= 4 is 5.78 Å². The van der Waals surface area contributed by atoms with Crippen LogP contribution in [0.4, 0.5) is 0 Å². The fourth-order valence-electron chi connectivity index (χ4n) is 3.97. The highest BCUT2D eigenvalue weighted by Gasteiger charge is 2.39. The summed E-state index contributed by atoms with van der Waals surface area (Å²) in [5.41, 5.74) is 3.33. The topological polar surface area (TPSA) is 49.3 Å². The summed E-state index contributed by atoms with van der Waals surface area (Å²) in [7, 11) is 0. The van der Waals surface area contributed by atoms with E-state index in [1.807, 2.05) is 69.3 Å². The van der Waals surface area contributed by atoms with Crippen molar-refractivity contribution < 1.29 is 9.90 Å². The highest BCUT2D eigenvalue weighted by Crippen LogP contribution is 2.40. The van der Waals surface area contributed by atoms with Gasteiger partial charge in [-0.3, -0.25) is 4.79 Å². The second-order valence-electron chi connectivity index (χ2n) is 8.82. The molecule has 0 bridgehead atoms. The predicted molar refractivity (Wildman–Crippen MR) is 114 cm³/mol. The Kier molecular flexibility index (Phi) is 6.04. The molecule has 0 aromatic heterocycles. The number of allylic oxidation sites excluding steroid dienone is 1. The standard InChI is InChI=1S/C25H31NO2/c1-17(18-11-7-5-8-12-18)26-22-20(23(27)19-13-9-6-10-14-19)15-16-21(22)24(28)25(2,3)4/h5-14,17,21,24,26,28H,15-16H2,1-4H3/t17-,21+,24-/m1/s1. The van der Waals surface area contributed by atoms with Gasteiger partial charge >= 0.3 is 0 Å². The normalized spacial score (nSPS) is 19.4. The SMILES string of the molecule is C[C@@H](NC1=C(C(=O)c2ccccc2)CC[C@@H]1[C@@H](O)C(C)(C)C)c1ccccc1. The van der Waals surface area contributed by atoms with Crippen molar-refractivity contribution in [2.75, 3.05) is 0 Å². The second-order valence-corrected chi connectivity index (χ2v) is 8.82. The minimum atomic E-state index is -0.515. The number of hydrogen-bond acceptors (Lipinski definition) is 3. The van der Waals surface area contributed by atoms with Crippen molar-refractivity contribution in [1.82, 2.24) is 5.32 Å². The molecule has 3 rings (SSSR count). The number of ketones is 1. The molecule has 3 nitrogen and oxygen atoms in total. The van der Waals surface area contributed by atoms with Gasteiger partial charge in [0.2, 0.25) is 0 Å². The van der Waals surface area contributed by atoms with Crippen LogP contribution >= 0.6 is 0 Å². The fourth-order valence-corrected chi connectivity index (χ4v) is 3.97. The molecule has 3 heteroatoms. The van der Waals surface area contributed by atoms with Gasteiger partial charge in [0.05, 0.1) is 6.10 Å². The van der Waals surface area contributed by atoms with Crippen LogP contribution in [-0.4, -0.2) is 17.0 Å². The molecular formula is C25H31NO2. The van der Waals surface area contributed by atoms with E-state index in [-0.39, 0.29) is 23.2 Å². The summed E-state index contributed by atoms with van der Waals surface area (Å²) in [5.74, 6) is 0.000736. The maximum Gasteiger partial charge on any atom is 0.190 e. The fraction of sp³-hybridized carbons (Fsp3) is 0.400. The Labute approximate surface area is 168 Å². The lowest BCUT2D eigenvalue weighted by atomic mass is 9.79. The predicted octanol–water partition coefficient (Wildman–Crippen LogP) is 5.29. The Morgan fingerprint density at radius 2 is 1.61 bits per heavy atom. The average molecular weight is 378 g/mol. The Bertz CT molecular complexity index is 834. The number of carbonyl (C=O) groups excluding carboxylic acids is 1. The molecule has 0 saturated carbocycles. The number of carbonyl (C=O) groups is 1. The van der Waals surface area contributed by atoms with Crippen molar-refractivity contribution in [2.45, 2.75) is 52.7 Å². The van der Waals surface area contributed by atoms with Crippen molar-refractivity contribution in [1.29, 1.82) is 0 Å². The number of hydrogen-bond donors (Lipinski definition) is 2. The lowest BCUT2D eigenvalue weighted by Crippen LogP contribution is -2.37. The van der Waals surface area contributed by atoms with E-state index in [4.69, 9.17) is 0 Å². The van der Waals surface area contributed by atoms with E-state index in [2.05, 4.69) is 24.4 Å². The molecular weight excluding hydrogens is 346 g/mol. The van der Waals surface area contributed by atoms with Gasteiger partial charge in [-0.25, -0.2) is 0 Å². The van der Waals surface area contributed by atoms with Crippen LogP contribution in [0.5, 0.6) is 0 Å². The summed E-state index contributed by atoms with van der Waals surface area (Å²) in [4.78, 5) is 13.2. The summed E-state index contributed by atoms with van der Waals surface area (Å²) in [5, 5.41) is 14.6. The molecule has 0 radical (unpaired) electrons. The summed E-state index contributed by atoms with van der Waals surface area (Å²) in [6, 6.07) is 19.7. The summed E-state index contributed by atoms with van der Waals surface area (Å²) in [6.45, 7) is 8.25. The number of Topliss-reactive ketones (excluding diaryl/α,β-unsaturated/α-hetero) is 1. The molecule has 3 atom stereocenters. The minimum absolute atomic E-state index is 0.0579. The van der Waals surface area contributed by atoms with E-state index in [0.717, 1.165) is 23.3 Å². The summed E-state index contributed by atoms with van der Waals surface area (Å²) in [6.07, 6.45) is 0.963. The van der Waals surface area contributed by atoms with Gasteiger partial charge < -0.3 is 10.4 Å². The van der Waals surface area contributed by atoms with E-state index in [1.165, 1.54) is 0 Å². The van der Waals surface area contributed by atoms with Crippen LogP contribution < -0.4 is 5.32 Å². The van der Waals surface area contributed by atoms with Crippen LogP contribution in [0.3, 0.4) is 0 Å². The zero-order valence-electron chi connectivity index (χ0n) is 17.3. The molecule has 0 heterocycles. The van der Waals surface area contributed by atoms with Crippen LogP contribution in [0.15, 0.2) is 71.9 Å². The number of aliphatic hydroxyl groups excluding tert-OH is 1. The Hall–Kier alpha value is -2.39. The molecule has 0 saturated heterocycles. The minimum Gasteiger partial charge on any atom is -0.392 e. The Morgan fingerprint density at radius 3 is 2.18 bits per heavy atom. The molecule has 0 aliphatic heterocycles. The van der Waals surface area contributed by atoms with Gasteiger partial charge in [-0.05, 0) is 30.7 Å². The molecule has 0 amide bonds. The number of benzene rings is 2. The van der Waals surface area contributed by atoms with Crippen LogP contribution in [0.1, 0.15) is 62.5 Å². The van der Waals surface area contributed by atoms with E-state index < -0.39 is 6.10 Å². The zero-order chi connectivity index (χ0) is 20.3. The second kappa shape index (κ2) is 8.32. The van der Waals surface area contributed by atoms with Crippen molar-refractivity contribution in [3.05, 3.63) is 83.1 Å². The number of nitrogens with one attached hydrogen (secondary N) is 1. The molecule has 1 aliphatic rings. The smallest absolute Gasteiger partial charge is 0.190 e. The van der Waals surface area contributed by atoms with Crippen LogP contribution in [0, 0.1) is 11.3 Å². The number of rotatable bonds is 6. The molecule has 148 valence electrons. The third-order valence-electron chi connectivity index (χ3n) is 5.65. The molecule has 0 spiro atoms. The molecule has 2 aromatic rings. The maximum atomic E-state index is 13.2. The molecule has 1 aliphatic carbocycles. The third kappa shape index (κ3) is 4.36. The van der Waals surface area contributed by atoms with Gasteiger partial charge in [-0.2, -0.15) is 0 Å². The third-order valence-corrected chi connectivity index (χ3v) is 5.65. The summed E-state index contributed by atoms with van der Waals surface area (Å²) < 4.78 is 0. The average Bonchev–Trinajstić information content (AvgIpc) is 3.10. The first-order chi connectivity index (χ1) is 13.3. The molecule has 0 fully saturated rings. The molecule has 2 aromatic carbocycles. The highest BCUT2D eigenvalue weighted by molar-refractivity contribution is 6.09. The van der Waals surface area contributed by atoms with Crippen LogP contribution in [0.2, 0.25) is 0 Å². The first-order valence-corrected chi connectivity index (χ1v) is 10.1. The quantitative estimate of drug-likeness (QED) is 0.672. The van der Waals surface area contributed by atoms with Gasteiger partial charge in [0.15, 0.2) is 5.78 Å². The van der Waals surface area contributed by atoms with Crippen molar-refractivity contribution in [2.24, 2.45) is 11.3 Å². The number of aliphatic hydroxyl groups is 1. The van der Waals surface area contributed by atoms with Gasteiger partial charge in [-0.1, -0.05) is 81.4 Å². The first-order valence-electron chi connectivity index (χ1n) is 10.1.